The van der Waals surface area contributed by atoms with Gasteiger partial charge in [0.2, 0.25) is 11.9 Å². The van der Waals surface area contributed by atoms with Crippen LogP contribution >= 0.6 is 0 Å². The van der Waals surface area contributed by atoms with E-state index in [2.05, 4.69) is 30.4 Å². The number of pyridine rings is 1. The molecule has 1 unspecified atom stereocenters. The number of aryl methyl sites for hydroxylation is 2. The van der Waals surface area contributed by atoms with Crippen LogP contribution in [-0.4, -0.2) is 43.6 Å². The number of hydrogen-bond acceptors (Lipinski definition) is 6. The van der Waals surface area contributed by atoms with Gasteiger partial charge in [0.25, 0.3) is 0 Å². The lowest BCUT2D eigenvalue weighted by Gasteiger charge is -2.32. The standard InChI is InChI=1S/C19H23N7O/c1-13-10-14(2)22-19(21-13)25-8-5-6-15(12-25)18(27)20-11-17-24-23-16-7-3-4-9-26(16)17/h3-4,7,9-10,15H,5-6,8,11-12H2,1-2H3,(H,20,27). The first-order valence-corrected chi connectivity index (χ1v) is 9.24. The maximum Gasteiger partial charge on any atom is 0.225 e. The van der Waals surface area contributed by atoms with Crippen molar-refractivity contribution in [3.8, 4) is 0 Å². The van der Waals surface area contributed by atoms with Gasteiger partial charge in [-0.2, -0.15) is 0 Å². The van der Waals surface area contributed by atoms with Gasteiger partial charge < -0.3 is 10.2 Å². The van der Waals surface area contributed by atoms with Crippen LogP contribution in [0.5, 0.6) is 0 Å². The normalized spacial score (nSPS) is 17.3. The summed E-state index contributed by atoms with van der Waals surface area (Å²) in [6.07, 6.45) is 3.71. The minimum absolute atomic E-state index is 0.0387. The van der Waals surface area contributed by atoms with Crippen LogP contribution < -0.4 is 10.2 Å². The molecule has 0 bridgehead atoms. The third-order valence-corrected chi connectivity index (χ3v) is 4.85. The number of hydrogen-bond donors (Lipinski definition) is 1. The summed E-state index contributed by atoms with van der Waals surface area (Å²) in [7, 11) is 0. The molecule has 0 saturated carbocycles. The molecule has 4 rings (SSSR count). The predicted molar refractivity (Wildman–Crippen MR) is 101 cm³/mol. The second-order valence-electron chi connectivity index (χ2n) is 7.00. The quantitative estimate of drug-likeness (QED) is 0.757. The minimum atomic E-state index is -0.0812. The SMILES string of the molecule is Cc1cc(C)nc(N2CCCC(C(=O)NCc3nnc4ccccn34)C2)n1. The monoisotopic (exact) mass is 365 g/mol. The minimum Gasteiger partial charge on any atom is -0.348 e. The van der Waals surface area contributed by atoms with Crippen molar-refractivity contribution in [2.24, 2.45) is 5.92 Å². The van der Waals surface area contributed by atoms with Crippen LogP contribution in [0.15, 0.2) is 30.5 Å². The maximum atomic E-state index is 12.7. The van der Waals surface area contributed by atoms with Gasteiger partial charge in [-0.1, -0.05) is 6.07 Å². The van der Waals surface area contributed by atoms with Gasteiger partial charge in [0, 0.05) is 30.7 Å². The summed E-state index contributed by atoms with van der Waals surface area (Å²) in [5.41, 5.74) is 2.67. The lowest BCUT2D eigenvalue weighted by molar-refractivity contribution is -0.125. The van der Waals surface area contributed by atoms with Crippen molar-refractivity contribution in [2.45, 2.75) is 33.2 Å². The van der Waals surface area contributed by atoms with Crippen LogP contribution in [0.3, 0.4) is 0 Å². The summed E-state index contributed by atoms with van der Waals surface area (Å²) < 4.78 is 1.89. The zero-order valence-electron chi connectivity index (χ0n) is 15.6. The van der Waals surface area contributed by atoms with Gasteiger partial charge >= 0.3 is 0 Å². The highest BCUT2D eigenvalue weighted by Crippen LogP contribution is 2.21. The van der Waals surface area contributed by atoms with Gasteiger partial charge in [0.1, 0.15) is 0 Å². The third-order valence-electron chi connectivity index (χ3n) is 4.85. The van der Waals surface area contributed by atoms with Crippen LogP contribution in [0.2, 0.25) is 0 Å². The molecule has 4 heterocycles. The van der Waals surface area contributed by atoms with E-state index in [-0.39, 0.29) is 11.8 Å². The molecule has 8 nitrogen and oxygen atoms in total. The van der Waals surface area contributed by atoms with Gasteiger partial charge in [-0.25, -0.2) is 9.97 Å². The molecular weight excluding hydrogens is 342 g/mol. The summed E-state index contributed by atoms with van der Waals surface area (Å²) in [4.78, 5) is 23.9. The summed E-state index contributed by atoms with van der Waals surface area (Å²) in [6.45, 7) is 5.81. The average molecular weight is 365 g/mol. The summed E-state index contributed by atoms with van der Waals surface area (Å²) in [6, 6.07) is 7.68. The second-order valence-corrected chi connectivity index (χ2v) is 7.00. The molecular formula is C19H23N7O. The average Bonchev–Trinajstić information content (AvgIpc) is 3.09. The van der Waals surface area contributed by atoms with Crippen LogP contribution in [0, 0.1) is 19.8 Å². The summed E-state index contributed by atoms with van der Waals surface area (Å²) in [5, 5.41) is 11.3. The highest BCUT2D eigenvalue weighted by atomic mass is 16.1. The zero-order chi connectivity index (χ0) is 18.8. The molecule has 0 aliphatic carbocycles. The Balaban J connectivity index is 1.41. The number of fused-ring (bicyclic) bond motifs is 1. The Kier molecular flexibility index (Phi) is 4.70. The zero-order valence-corrected chi connectivity index (χ0v) is 15.6. The van der Waals surface area contributed by atoms with Gasteiger partial charge in [0.05, 0.1) is 12.5 Å². The molecule has 3 aromatic heterocycles. The van der Waals surface area contributed by atoms with Gasteiger partial charge in [-0.05, 0) is 44.9 Å². The van der Waals surface area contributed by atoms with E-state index >= 15 is 0 Å². The number of nitrogens with one attached hydrogen (secondary N) is 1. The Morgan fingerprint density at radius 1 is 1.22 bits per heavy atom. The van der Waals surface area contributed by atoms with E-state index in [9.17, 15) is 4.79 Å². The van der Waals surface area contributed by atoms with Gasteiger partial charge in [0.15, 0.2) is 11.5 Å². The molecule has 1 fully saturated rings. The molecule has 1 saturated heterocycles. The molecule has 140 valence electrons. The second kappa shape index (κ2) is 7.30. The molecule has 1 N–H and O–H groups in total. The van der Waals surface area contributed by atoms with Crippen molar-refractivity contribution in [3.63, 3.8) is 0 Å². The fraction of sp³-hybridized carbons (Fsp3) is 0.421. The molecule has 1 amide bonds. The van der Waals surface area contributed by atoms with Crippen LogP contribution in [-0.2, 0) is 11.3 Å². The number of rotatable bonds is 4. The van der Waals surface area contributed by atoms with Crippen LogP contribution in [0.25, 0.3) is 5.65 Å². The molecule has 0 aromatic carbocycles. The van der Waals surface area contributed by atoms with E-state index < -0.39 is 0 Å². The molecule has 1 aliphatic rings. The highest BCUT2D eigenvalue weighted by Gasteiger charge is 2.27. The Labute approximate surface area is 157 Å². The van der Waals surface area contributed by atoms with Crippen molar-refractivity contribution >= 4 is 17.5 Å². The largest absolute Gasteiger partial charge is 0.348 e. The number of carbonyl (C=O) groups is 1. The number of anilines is 1. The van der Waals surface area contributed by atoms with Crippen LogP contribution in [0.4, 0.5) is 5.95 Å². The van der Waals surface area contributed by atoms with Crippen molar-refractivity contribution in [1.82, 2.24) is 29.9 Å². The van der Waals surface area contributed by atoms with E-state index in [0.717, 1.165) is 42.2 Å². The number of carbonyl (C=O) groups excluding carboxylic acids is 1. The smallest absolute Gasteiger partial charge is 0.225 e. The van der Waals surface area contributed by atoms with Crippen molar-refractivity contribution in [1.29, 1.82) is 0 Å². The number of nitrogens with zero attached hydrogens (tertiary/aromatic N) is 6. The van der Waals surface area contributed by atoms with E-state index in [1.807, 2.05) is 48.7 Å². The van der Waals surface area contributed by atoms with Crippen molar-refractivity contribution < 1.29 is 4.79 Å². The highest BCUT2D eigenvalue weighted by molar-refractivity contribution is 5.79. The number of aromatic nitrogens is 5. The first kappa shape index (κ1) is 17.4. The fourth-order valence-electron chi connectivity index (χ4n) is 3.54. The van der Waals surface area contributed by atoms with Crippen molar-refractivity contribution in [2.75, 3.05) is 18.0 Å². The molecule has 0 spiro atoms. The molecule has 1 atom stereocenters. The Bertz CT molecular complexity index is 947. The molecule has 1 aliphatic heterocycles. The molecule has 8 heteroatoms. The fourth-order valence-corrected chi connectivity index (χ4v) is 3.54. The van der Waals surface area contributed by atoms with E-state index in [1.165, 1.54) is 0 Å². The topological polar surface area (TPSA) is 88.3 Å². The predicted octanol–water partition coefficient (Wildman–Crippen LogP) is 1.67. The third kappa shape index (κ3) is 3.74. The summed E-state index contributed by atoms with van der Waals surface area (Å²) in [5.74, 6) is 1.40. The maximum absolute atomic E-state index is 12.7. The van der Waals surface area contributed by atoms with Crippen molar-refractivity contribution in [3.05, 3.63) is 47.7 Å². The Morgan fingerprint density at radius 2 is 2.04 bits per heavy atom. The first-order valence-electron chi connectivity index (χ1n) is 9.24. The Hall–Kier alpha value is -3.03. The van der Waals surface area contributed by atoms with Gasteiger partial charge in [-0.3, -0.25) is 9.20 Å². The Morgan fingerprint density at radius 3 is 2.85 bits per heavy atom. The lowest BCUT2D eigenvalue weighted by Crippen LogP contribution is -2.43. The summed E-state index contributed by atoms with van der Waals surface area (Å²) >= 11 is 0. The van der Waals surface area contributed by atoms with Gasteiger partial charge in [-0.15, -0.1) is 10.2 Å². The first-order chi connectivity index (χ1) is 13.1. The van der Waals surface area contributed by atoms with E-state index in [4.69, 9.17) is 0 Å². The molecule has 3 aromatic rings. The van der Waals surface area contributed by atoms with E-state index in [0.29, 0.717) is 19.0 Å². The molecule has 0 radical (unpaired) electrons. The van der Waals surface area contributed by atoms with E-state index in [1.54, 1.807) is 0 Å². The van der Waals surface area contributed by atoms with Crippen LogP contribution in [0.1, 0.15) is 30.1 Å². The number of amides is 1. The molecule has 27 heavy (non-hydrogen) atoms. The number of piperidine rings is 1. The lowest BCUT2D eigenvalue weighted by atomic mass is 9.97.